The fourth-order valence-corrected chi connectivity index (χ4v) is 2.45. The molecule has 16 heavy (non-hydrogen) atoms. The Balaban J connectivity index is 1.78. The Labute approximate surface area is 96.1 Å². The molecular formula is C14H18N2. The Hall–Kier alpha value is -1.44. The van der Waals surface area contributed by atoms with Crippen LogP contribution in [-0.4, -0.2) is 11.0 Å². The molecule has 1 aromatic carbocycles. The fraction of sp³-hybridized carbons (Fsp3) is 0.429. The van der Waals surface area contributed by atoms with E-state index in [1.54, 1.807) is 0 Å². The summed E-state index contributed by atoms with van der Waals surface area (Å²) >= 11 is 0. The number of fused-ring (bicyclic) bond motifs is 1. The van der Waals surface area contributed by atoms with E-state index in [2.05, 4.69) is 47.6 Å². The first kappa shape index (κ1) is 9.76. The maximum atomic E-state index is 3.58. The van der Waals surface area contributed by atoms with Crippen LogP contribution in [0.1, 0.15) is 26.2 Å². The highest BCUT2D eigenvalue weighted by atomic mass is 15.0. The standard InChI is InChI=1S/C14H18N2/c1-10(11-6-4-7-11)15-14-9-12-5-2-3-8-13(12)16-14/h2-3,5,8-11,15-16H,4,6-7H2,1H3. The van der Waals surface area contributed by atoms with Gasteiger partial charge in [-0.25, -0.2) is 0 Å². The molecule has 0 radical (unpaired) electrons. The molecule has 0 bridgehead atoms. The van der Waals surface area contributed by atoms with Gasteiger partial charge in [0.15, 0.2) is 0 Å². The molecule has 0 saturated heterocycles. The number of hydrogen-bond acceptors (Lipinski definition) is 1. The summed E-state index contributed by atoms with van der Waals surface area (Å²) < 4.78 is 0. The number of rotatable bonds is 3. The van der Waals surface area contributed by atoms with Crippen molar-refractivity contribution in [1.29, 1.82) is 0 Å². The molecule has 1 aliphatic carbocycles. The minimum absolute atomic E-state index is 0.585. The van der Waals surface area contributed by atoms with E-state index in [4.69, 9.17) is 0 Å². The smallest absolute Gasteiger partial charge is 0.104 e. The molecule has 2 aromatic rings. The second-order valence-electron chi connectivity index (χ2n) is 4.89. The quantitative estimate of drug-likeness (QED) is 0.799. The molecule has 2 heteroatoms. The van der Waals surface area contributed by atoms with Crippen LogP contribution < -0.4 is 5.32 Å². The molecule has 0 spiro atoms. The lowest BCUT2D eigenvalue weighted by molar-refractivity contribution is 0.285. The van der Waals surface area contributed by atoms with Crippen molar-refractivity contribution in [2.75, 3.05) is 5.32 Å². The molecule has 2 nitrogen and oxygen atoms in total. The lowest BCUT2D eigenvalue weighted by Crippen LogP contribution is -2.30. The first-order chi connectivity index (χ1) is 7.83. The molecule has 3 rings (SSSR count). The van der Waals surface area contributed by atoms with Crippen LogP contribution in [0.2, 0.25) is 0 Å². The molecule has 0 aliphatic heterocycles. The Morgan fingerprint density at radius 3 is 2.81 bits per heavy atom. The summed E-state index contributed by atoms with van der Waals surface area (Å²) in [6, 6.07) is 11.2. The van der Waals surface area contributed by atoms with E-state index >= 15 is 0 Å². The highest BCUT2D eigenvalue weighted by Crippen LogP contribution is 2.31. The monoisotopic (exact) mass is 214 g/mol. The summed E-state index contributed by atoms with van der Waals surface area (Å²) in [6.07, 6.45) is 4.17. The average Bonchev–Trinajstić information content (AvgIpc) is 2.56. The number of anilines is 1. The zero-order chi connectivity index (χ0) is 11.0. The summed E-state index contributed by atoms with van der Waals surface area (Å²) in [7, 11) is 0. The highest BCUT2D eigenvalue weighted by Gasteiger charge is 2.23. The Bertz CT molecular complexity index is 449. The number of nitrogens with one attached hydrogen (secondary N) is 2. The van der Waals surface area contributed by atoms with E-state index in [-0.39, 0.29) is 0 Å². The number of aromatic nitrogens is 1. The third-order valence-electron chi connectivity index (χ3n) is 3.77. The van der Waals surface area contributed by atoms with Crippen molar-refractivity contribution in [3.8, 4) is 0 Å². The van der Waals surface area contributed by atoms with Crippen molar-refractivity contribution in [2.45, 2.75) is 32.2 Å². The summed E-state index contributed by atoms with van der Waals surface area (Å²) in [5, 5.41) is 4.86. The molecule has 1 saturated carbocycles. The maximum absolute atomic E-state index is 3.58. The van der Waals surface area contributed by atoms with Gasteiger partial charge in [-0.15, -0.1) is 0 Å². The van der Waals surface area contributed by atoms with Crippen LogP contribution in [0.4, 0.5) is 5.82 Å². The van der Waals surface area contributed by atoms with Gasteiger partial charge in [0.05, 0.1) is 0 Å². The molecule has 1 aromatic heterocycles. The molecule has 1 aliphatic rings. The van der Waals surface area contributed by atoms with Gasteiger partial charge in [-0.3, -0.25) is 0 Å². The molecule has 2 N–H and O–H groups in total. The van der Waals surface area contributed by atoms with Gasteiger partial charge in [-0.2, -0.15) is 0 Å². The number of benzene rings is 1. The topological polar surface area (TPSA) is 27.8 Å². The SMILES string of the molecule is CC(Nc1cc2ccccc2[nH]1)C1CCC1. The zero-order valence-electron chi connectivity index (χ0n) is 9.66. The van der Waals surface area contributed by atoms with Crippen LogP contribution in [0.3, 0.4) is 0 Å². The molecular weight excluding hydrogens is 196 g/mol. The Morgan fingerprint density at radius 2 is 2.12 bits per heavy atom. The van der Waals surface area contributed by atoms with E-state index in [0.717, 1.165) is 11.7 Å². The van der Waals surface area contributed by atoms with Crippen molar-refractivity contribution in [3.63, 3.8) is 0 Å². The minimum atomic E-state index is 0.585. The van der Waals surface area contributed by atoms with Gasteiger partial charge in [0.1, 0.15) is 5.82 Å². The van der Waals surface area contributed by atoms with Crippen molar-refractivity contribution in [1.82, 2.24) is 4.98 Å². The van der Waals surface area contributed by atoms with Crippen LogP contribution in [-0.2, 0) is 0 Å². The second kappa shape index (κ2) is 3.85. The first-order valence-corrected chi connectivity index (χ1v) is 6.17. The molecule has 1 atom stereocenters. The maximum Gasteiger partial charge on any atom is 0.104 e. The third-order valence-corrected chi connectivity index (χ3v) is 3.77. The van der Waals surface area contributed by atoms with E-state index < -0.39 is 0 Å². The van der Waals surface area contributed by atoms with Crippen LogP contribution >= 0.6 is 0 Å². The summed E-state index contributed by atoms with van der Waals surface area (Å²) in [6.45, 7) is 2.29. The van der Waals surface area contributed by atoms with Crippen LogP contribution in [0.25, 0.3) is 10.9 Å². The minimum Gasteiger partial charge on any atom is -0.369 e. The lowest BCUT2D eigenvalue weighted by Gasteiger charge is -2.32. The molecule has 1 fully saturated rings. The average molecular weight is 214 g/mol. The molecule has 1 unspecified atom stereocenters. The third kappa shape index (κ3) is 1.69. The van der Waals surface area contributed by atoms with Crippen molar-refractivity contribution < 1.29 is 0 Å². The van der Waals surface area contributed by atoms with E-state index in [1.807, 2.05) is 0 Å². The van der Waals surface area contributed by atoms with Gasteiger partial charge >= 0.3 is 0 Å². The first-order valence-electron chi connectivity index (χ1n) is 6.17. The fourth-order valence-electron chi connectivity index (χ4n) is 2.45. The number of H-pyrrole nitrogens is 1. The largest absolute Gasteiger partial charge is 0.369 e. The number of aromatic amines is 1. The zero-order valence-corrected chi connectivity index (χ0v) is 9.66. The van der Waals surface area contributed by atoms with Gasteiger partial charge in [-0.05, 0) is 37.8 Å². The van der Waals surface area contributed by atoms with E-state index in [1.165, 1.54) is 30.2 Å². The van der Waals surface area contributed by atoms with Crippen molar-refractivity contribution >= 4 is 16.7 Å². The predicted molar refractivity (Wildman–Crippen MR) is 68.7 cm³/mol. The molecule has 1 heterocycles. The van der Waals surface area contributed by atoms with Crippen LogP contribution in [0.15, 0.2) is 30.3 Å². The van der Waals surface area contributed by atoms with E-state index in [0.29, 0.717) is 6.04 Å². The van der Waals surface area contributed by atoms with Gasteiger partial charge in [0.25, 0.3) is 0 Å². The Kier molecular flexibility index (Phi) is 2.35. The summed E-state index contributed by atoms with van der Waals surface area (Å²) in [4.78, 5) is 3.42. The number of para-hydroxylation sites is 1. The number of hydrogen-bond donors (Lipinski definition) is 2. The Morgan fingerprint density at radius 1 is 1.31 bits per heavy atom. The van der Waals surface area contributed by atoms with E-state index in [9.17, 15) is 0 Å². The van der Waals surface area contributed by atoms with Crippen LogP contribution in [0, 0.1) is 5.92 Å². The second-order valence-corrected chi connectivity index (χ2v) is 4.89. The van der Waals surface area contributed by atoms with Crippen molar-refractivity contribution in [3.05, 3.63) is 30.3 Å². The van der Waals surface area contributed by atoms with Gasteiger partial charge in [0, 0.05) is 16.9 Å². The van der Waals surface area contributed by atoms with Crippen LogP contribution in [0.5, 0.6) is 0 Å². The summed E-state index contributed by atoms with van der Waals surface area (Å²) in [5.74, 6) is 2.02. The van der Waals surface area contributed by atoms with Crippen molar-refractivity contribution in [2.24, 2.45) is 5.92 Å². The highest BCUT2D eigenvalue weighted by molar-refractivity contribution is 5.83. The molecule has 84 valence electrons. The summed E-state index contributed by atoms with van der Waals surface area (Å²) in [5.41, 5.74) is 1.21. The lowest BCUT2D eigenvalue weighted by atomic mass is 9.80. The molecule has 0 amide bonds. The van der Waals surface area contributed by atoms with Gasteiger partial charge in [0.2, 0.25) is 0 Å². The predicted octanol–water partition coefficient (Wildman–Crippen LogP) is 3.77. The van der Waals surface area contributed by atoms with Gasteiger partial charge in [-0.1, -0.05) is 24.6 Å². The normalized spacial score (nSPS) is 18.3. The van der Waals surface area contributed by atoms with Gasteiger partial charge < -0.3 is 10.3 Å².